The van der Waals surface area contributed by atoms with Gasteiger partial charge >= 0.3 is 0 Å². The number of nitrogens with one attached hydrogen (secondary N) is 2. The lowest BCUT2D eigenvalue weighted by atomic mass is 10.0. The molecule has 2 amide bonds. The van der Waals surface area contributed by atoms with Crippen molar-refractivity contribution in [2.24, 2.45) is 5.92 Å². The van der Waals surface area contributed by atoms with E-state index >= 15 is 0 Å². The molecule has 8 nitrogen and oxygen atoms in total. The van der Waals surface area contributed by atoms with Gasteiger partial charge in [0.25, 0.3) is 11.5 Å². The number of carbonyl (C=O) groups excluding carboxylic acids is 2. The zero-order valence-corrected chi connectivity index (χ0v) is 18.8. The van der Waals surface area contributed by atoms with E-state index in [-0.39, 0.29) is 22.9 Å². The maximum absolute atomic E-state index is 14.7. The molecule has 3 aliphatic rings. The molecule has 0 bridgehead atoms. The fraction of sp³-hybridized carbons (Fsp3) is 0.231. The number of H-pyrrole nitrogens is 1. The molecular formula is C26H22FN5O3. The average Bonchev–Trinajstić information content (AvgIpc) is 3.64. The van der Waals surface area contributed by atoms with Gasteiger partial charge in [0.1, 0.15) is 5.82 Å². The maximum atomic E-state index is 14.7. The van der Waals surface area contributed by atoms with Crippen molar-refractivity contribution >= 4 is 22.6 Å². The summed E-state index contributed by atoms with van der Waals surface area (Å²) in [6.07, 6.45) is 6.13. The predicted octanol–water partition coefficient (Wildman–Crippen LogP) is 2.98. The number of aromatic amines is 1. The van der Waals surface area contributed by atoms with E-state index in [1.54, 1.807) is 30.6 Å². The van der Waals surface area contributed by atoms with Crippen molar-refractivity contribution in [1.82, 2.24) is 25.5 Å². The summed E-state index contributed by atoms with van der Waals surface area (Å²) in [5.41, 5.74) is 5.71. The zero-order chi connectivity index (χ0) is 24.1. The van der Waals surface area contributed by atoms with E-state index in [1.807, 2.05) is 12.1 Å². The highest BCUT2D eigenvalue weighted by molar-refractivity contribution is 5.96. The quantitative estimate of drug-likeness (QED) is 0.610. The summed E-state index contributed by atoms with van der Waals surface area (Å²) in [6, 6.07) is 11.6. The van der Waals surface area contributed by atoms with Gasteiger partial charge in [0.15, 0.2) is 0 Å². The lowest BCUT2D eigenvalue weighted by Crippen LogP contribution is -2.37. The minimum Gasteiger partial charge on any atom is -0.312 e. The summed E-state index contributed by atoms with van der Waals surface area (Å²) in [6.45, 7) is 0.386. The molecule has 35 heavy (non-hydrogen) atoms. The molecule has 1 saturated carbocycles. The molecule has 9 heteroatoms. The molecule has 3 aromatic rings. The van der Waals surface area contributed by atoms with Crippen molar-refractivity contribution < 1.29 is 14.0 Å². The molecule has 3 heterocycles. The Bertz CT molecular complexity index is 1500. The first kappa shape index (κ1) is 21.3. The van der Waals surface area contributed by atoms with Crippen LogP contribution in [0.3, 0.4) is 0 Å². The molecule has 2 N–H and O–H groups in total. The predicted molar refractivity (Wildman–Crippen MR) is 126 cm³/mol. The highest BCUT2D eigenvalue weighted by Gasteiger charge is 2.36. The second kappa shape index (κ2) is 8.19. The molecule has 0 saturated heterocycles. The van der Waals surface area contributed by atoms with Gasteiger partial charge in [-0.2, -0.15) is 5.10 Å². The van der Waals surface area contributed by atoms with Gasteiger partial charge in [-0.3, -0.25) is 19.8 Å². The molecule has 0 atom stereocenters. The van der Waals surface area contributed by atoms with Crippen LogP contribution in [0.2, 0.25) is 0 Å². The molecule has 2 aliphatic heterocycles. The zero-order valence-electron chi connectivity index (χ0n) is 18.8. The van der Waals surface area contributed by atoms with Crippen LogP contribution in [-0.2, 0) is 11.2 Å². The normalized spacial score (nSPS) is 17.1. The van der Waals surface area contributed by atoms with Gasteiger partial charge in [-0.05, 0) is 48.6 Å². The standard InChI is InChI=1S/C26H22FN5O3/c27-21-8-5-15(12-22-18-3-1-2-4-19(18)24(33)29-28-22)11-20(21)26(35)31-10-9-17-13-32(30-23(17)14-31)25(34)16-6-7-16/h1-5,8,11,13-14,16,30H,6-7,9-10,12H2,(H,29,33). The molecule has 1 aromatic heterocycles. The van der Waals surface area contributed by atoms with Crippen molar-refractivity contribution in [3.05, 3.63) is 99.1 Å². The van der Waals surface area contributed by atoms with Crippen LogP contribution in [0.5, 0.6) is 0 Å². The Hall–Kier alpha value is -4.27. The van der Waals surface area contributed by atoms with Crippen molar-refractivity contribution in [3.8, 4) is 0 Å². The van der Waals surface area contributed by atoms with Crippen LogP contribution >= 0.6 is 0 Å². The van der Waals surface area contributed by atoms with Gasteiger partial charge in [0.05, 0.1) is 22.3 Å². The monoisotopic (exact) mass is 471 g/mol. The number of hydrazine groups is 1. The Morgan fingerprint density at radius 1 is 1.09 bits per heavy atom. The van der Waals surface area contributed by atoms with Crippen LogP contribution in [0.25, 0.3) is 10.8 Å². The number of halogens is 1. The van der Waals surface area contributed by atoms with Gasteiger partial charge in [0.2, 0.25) is 5.91 Å². The first-order valence-corrected chi connectivity index (χ1v) is 11.6. The lowest BCUT2D eigenvalue weighted by Gasteiger charge is -2.25. The summed E-state index contributed by atoms with van der Waals surface area (Å²) < 4.78 is 14.7. The maximum Gasteiger partial charge on any atom is 0.272 e. The third-order valence-electron chi connectivity index (χ3n) is 6.61. The second-order valence-electron chi connectivity index (χ2n) is 9.08. The van der Waals surface area contributed by atoms with Crippen LogP contribution in [0, 0.1) is 11.7 Å². The molecule has 0 unspecified atom stereocenters. The lowest BCUT2D eigenvalue weighted by molar-refractivity contribution is -0.131. The fourth-order valence-corrected chi connectivity index (χ4v) is 4.54. The minimum atomic E-state index is -0.609. The van der Waals surface area contributed by atoms with Crippen LogP contribution in [0.4, 0.5) is 4.39 Å². The van der Waals surface area contributed by atoms with Crippen LogP contribution < -0.4 is 11.0 Å². The number of nitrogens with zero attached hydrogens (tertiary/aromatic N) is 3. The molecule has 176 valence electrons. The SMILES string of the molecule is O=C(c1cc(Cc2n[nH]c(=O)c3ccccc23)ccc1F)N1C=C2NN(C(=O)C3CC3)C=C2CC1. The van der Waals surface area contributed by atoms with Crippen molar-refractivity contribution in [1.29, 1.82) is 0 Å². The summed E-state index contributed by atoms with van der Waals surface area (Å²) in [5.74, 6) is -0.955. The number of benzene rings is 2. The van der Waals surface area contributed by atoms with Gasteiger partial charge in [-0.25, -0.2) is 14.5 Å². The van der Waals surface area contributed by atoms with E-state index in [0.29, 0.717) is 47.1 Å². The smallest absolute Gasteiger partial charge is 0.272 e. The molecule has 6 rings (SSSR count). The minimum absolute atomic E-state index is 0.0350. The number of hydrogen-bond acceptors (Lipinski definition) is 5. The number of amides is 2. The van der Waals surface area contributed by atoms with Gasteiger partial charge < -0.3 is 4.90 Å². The number of hydrogen-bond donors (Lipinski definition) is 2. The first-order chi connectivity index (χ1) is 17.0. The van der Waals surface area contributed by atoms with E-state index in [0.717, 1.165) is 18.4 Å². The van der Waals surface area contributed by atoms with Crippen LogP contribution in [0.15, 0.2) is 70.9 Å². The number of aromatic nitrogens is 2. The summed E-state index contributed by atoms with van der Waals surface area (Å²) in [5, 5.41) is 9.42. The number of rotatable bonds is 4. The largest absolute Gasteiger partial charge is 0.312 e. The average molecular weight is 471 g/mol. The van der Waals surface area contributed by atoms with Crippen LogP contribution in [-0.4, -0.2) is 38.5 Å². The van der Waals surface area contributed by atoms with E-state index in [1.165, 1.54) is 22.0 Å². The van der Waals surface area contributed by atoms with Crippen molar-refractivity contribution in [3.63, 3.8) is 0 Å². The van der Waals surface area contributed by atoms with Gasteiger partial charge in [-0.1, -0.05) is 24.3 Å². The van der Waals surface area contributed by atoms with E-state index in [9.17, 15) is 18.8 Å². The molecule has 2 aromatic carbocycles. The third kappa shape index (κ3) is 3.88. The summed E-state index contributed by atoms with van der Waals surface area (Å²) in [7, 11) is 0. The van der Waals surface area contributed by atoms with Crippen molar-refractivity contribution in [2.75, 3.05) is 6.54 Å². The Balaban J connectivity index is 1.25. The molecular weight excluding hydrogens is 449 g/mol. The Labute approximate surface area is 199 Å². The third-order valence-corrected chi connectivity index (χ3v) is 6.61. The first-order valence-electron chi connectivity index (χ1n) is 11.6. The molecule has 1 aliphatic carbocycles. The summed E-state index contributed by atoms with van der Waals surface area (Å²) >= 11 is 0. The van der Waals surface area contributed by atoms with E-state index < -0.39 is 11.7 Å². The van der Waals surface area contributed by atoms with E-state index in [4.69, 9.17) is 0 Å². The number of carbonyl (C=O) groups is 2. The number of allylic oxidation sites excluding steroid dienone is 1. The topological polar surface area (TPSA) is 98.4 Å². The van der Waals surface area contributed by atoms with Gasteiger partial charge in [-0.15, -0.1) is 0 Å². The van der Waals surface area contributed by atoms with Gasteiger partial charge in [0, 0.05) is 36.7 Å². The van der Waals surface area contributed by atoms with Crippen molar-refractivity contribution in [2.45, 2.75) is 25.7 Å². The highest BCUT2D eigenvalue weighted by Crippen LogP contribution is 2.34. The summed E-state index contributed by atoms with van der Waals surface area (Å²) in [4.78, 5) is 39.2. The second-order valence-corrected chi connectivity index (χ2v) is 9.08. The number of fused-ring (bicyclic) bond motifs is 2. The Morgan fingerprint density at radius 3 is 2.69 bits per heavy atom. The molecule has 1 fully saturated rings. The van der Waals surface area contributed by atoms with Crippen LogP contribution in [0.1, 0.15) is 40.9 Å². The Morgan fingerprint density at radius 2 is 1.89 bits per heavy atom. The molecule has 0 spiro atoms. The molecule has 0 radical (unpaired) electrons. The fourth-order valence-electron chi connectivity index (χ4n) is 4.54. The van der Waals surface area contributed by atoms with E-state index in [2.05, 4.69) is 15.6 Å². The Kier molecular flexibility index (Phi) is 4.98. The highest BCUT2D eigenvalue weighted by atomic mass is 19.1.